The average Bonchev–Trinajstić information content (AvgIpc) is 3.41. The third kappa shape index (κ3) is 5.88. The van der Waals surface area contributed by atoms with Gasteiger partial charge in [-0.2, -0.15) is 14.7 Å². The Bertz CT molecular complexity index is 1850. The summed E-state index contributed by atoms with van der Waals surface area (Å²) in [4.78, 5) is -0.292. The highest BCUT2D eigenvalue weighted by Crippen LogP contribution is 2.31. The maximum Gasteiger partial charge on any atom is 0.243 e. The number of benzene rings is 3. The van der Waals surface area contributed by atoms with Crippen LogP contribution in [0.3, 0.4) is 0 Å². The van der Waals surface area contributed by atoms with E-state index in [0.29, 0.717) is 35.8 Å². The van der Waals surface area contributed by atoms with Crippen molar-refractivity contribution in [3.63, 3.8) is 0 Å². The van der Waals surface area contributed by atoms with Gasteiger partial charge in [0.15, 0.2) is 0 Å². The van der Waals surface area contributed by atoms with E-state index < -0.39 is 24.8 Å². The molecular formula is C31H30N4O4S2. The summed E-state index contributed by atoms with van der Waals surface area (Å²) in [7, 11) is -7.84. The minimum absolute atomic E-state index is 0.0110. The summed E-state index contributed by atoms with van der Waals surface area (Å²) in [6.07, 6.45) is 4.55. The van der Waals surface area contributed by atoms with E-state index in [4.69, 9.17) is 5.10 Å². The molecule has 210 valence electrons. The number of nitrogens with zero attached hydrogens (tertiary/aromatic N) is 4. The zero-order chi connectivity index (χ0) is 29.2. The third-order valence-electron chi connectivity index (χ3n) is 7.27. The number of aryl methyl sites for hydroxylation is 1. The lowest BCUT2D eigenvalue weighted by Crippen LogP contribution is -2.37. The van der Waals surface area contributed by atoms with Gasteiger partial charge in [0.25, 0.3) is 0 Å². The van der Waals surface area contributed by atoms with Gasteiger partial charge in [-0.15, -0.1) is 0 Å². The number of rotatable bonds is 7. The molecule has 0 amide bonds. The molecule has 0 unspecified atom stereocenters. The fourth-order valence-electron chi connectivity index (χ4n) is 4.76. The number of piperidine rings is 1. The first kappa shape index (κ1) is 28.5. The highest BCUT2D eigenvalue weighted by atomic mass is 32.2. The number of para-hydroxylation sites is 1. The minimum atomic E-state index is -4.11. The smallest absolute Gasteiger partial charge is 0.240 e. The lowest BCUT2D eigenvalue weighted by atomic mass is 10.0. The second-order valence-corrected chi connectivity index (χ2v) is 14.1. The molecule has 0 N–H and O–H groups in total. The number of sulfonamides is 1. The summed E-state index contributed by atoms with van der Waals surface area (Å²) < 4.78 is 56.8. The molecule has 41 heavy (non-hydrogen) atoms. The van der Waals surface area contributed by atoms with Crippen LogP contribution in [0.1, 0.15) is 30.9 Å². The summed E-state index contributed by atoms with van der Waals surface area (Å²) in [6.45, 7) is 4.90. The monoisotopic (exact) mass is 586 g/mol. The molecular weight excluding hydrogens is 556 g/mol. The maximum absolute atomic E-state index is 13.5. The summed E-state index contributed by atoms with van der Waals surface area (Å²) in [5.74, 6) is 0.481. The van der Waals surface area contributed by atoms with Crippen molar-refractivity contribution in [2.24, 2.45) is 5.92 Å². The van der Waals surface area contributed by atoms with Crippen LogP contribution in [0.15, 0.2) is 99.8 Å². The van der Waals surface area contributed by atoms with Gasteiger partial charge in [-0.25, -0.2) is 21.5 Å². The zero-order valence-electron chi connectivity index (χ0n) is 22.8. The normalized spacial score (nSPS) is 15.5. The van der Waals surface area contributed by atoms with Gasteiger partial charge in [0.05, 0.1) is 15.5 Å². The second-order valence-electron chi connectivity index (χ2n) is 10.3. The average molecular weight is 587 g/mol. The number of hydrogen-bond donors (Lipinski definition) is 0. The molecule has 0 aliphatic carbocycles. The molecule has 10 heteroatoms. The standard InChI is InChI=1S/C31H30N4O4S2/c1-23-11-13-28(14-12-23)40(36,37)30(21-32)20-26-22-35(27-8-4-3-5-9-27)33-31(26)25-7-6-10-29(19-25)41(38,39)34-17-15-24(2)16-18-34/h3-14,19-20,22,24H,15-18H2,1-2H3. The van der Waals surface area contributed by atoms with E-state index in [1.165, 1.54) is 22.5 Å². The molecule has 0 atom stereocenters. The van der Waals surface area contributed by atoms with Gasteiger partial charge in [0.1, 0.15) is 16.7 Å². The molecule has 0 bridgehead atoms. The summed E-state index contributed by atoms with van der Waals surface area (Å²) in [5, 5.41) is 14.6. The number of nitriles is 1. The Labute approximate surface area is 241 Å². The minimum Gasteiger partial charge on any atom is -0.240 e. The van der Waals surface area contributed by atoms with Crippen molar-refractivity contribution in [2.45, 2.75) is 36.5 Å². The first-order valence-corrected chi connectivity index (χ1v) is 16.2. The molecule has 1 aromatic heterocycles. The van der Waals surface area contributed by atoms with E-state index >= 15 is 0 Å². The predicted molar refractivity (Wildman–Crippen MR) is 158 cm³/mol. The molecule has 3 aromatic carbocycles. The molecule has 8 nitrogen and oxygen atoms in total. The number of hydrogen-bond acceptors (Lipinski definition) is 6. The van der Waals surface area contributed by atoms with Crippen LogP contribution in [-0.4, -0.2) is 44.0 Å². The fourth-order valence-corrected chi connectivity index (χ4v) is 7.43. The Balaban J connectivity index is 1.62. The van der Waals surface area contributed by atoms with Crippen molar-refractivity contribution in [3.05, 3.63) is 101 Å². The molecule has 1 aliphatic heterocycles. The first-order valence-electron chi connectivity index (χ1n) is 13.3. The van der Waals surface area contributed by atoms with Crippen molar-refractivity contribution >= 4 is 25.9 Å². The number of sulfone groups is 1. The highest BCUT2D eigenvalue weighted by Gasteiger charge is 2.29. The van der Waals surface area contributed by atoms with Gasteiger partial charge in [-0.05, 0) is 68.2 Å². The molecule has 1 aliphatic rings. The Morgan fingerprint density at radius 2 is 1.61 bits per heavy atom. The number of aromatic nitrogens is 2. The van der Waals surface area contributed by atoms with Crippen molar-refractivity contribution < 1.29 is 16.8 Å². The molecule has 1 saturated heterocycles. The predicted octanol–water partition coefficient (Wildman–Crippen LogP) is 5.61. The largest absolute Gasteiger partial charge is 0.243 e. The quantitative estimate of drug-likeness (QED) is 0.260. The molecule has 5 rings (SSSR count). The van der Waals surface area contributed by atoms with Gasteiger partial charge in [-0.3, -0.25) is 0 Å². The Morgan fingerprint density at radius 1 is 0.927 bits per heavy atom. The van der Waals surface area contributed by atoms with E-state index in [-0.39, 0.29) is 9.79 Å². The first-order chi connectivity index (χ1) is 19.6. The SMILES string of the molecule is Cc1ccc(S(=O)(=O)C(C#N)=Cc2cn(-c3ccccc3)nc2-c2cccc(S(=O)(=O)N3CCC(C)CC3)c2)cc1. The van der Waals surface area contributed by atoms with E-state index in [2.05, 4.69) is 6.92 Å². The fraction of sp³-hybridized carbons (Fsp3) is 0.226. The zero-order valence-corrected chi connectivity index (χ0v) is 24.4. The van der Waals surface area contributed by atoms with Crippen LogP contribution in [0.25, 0.3) is 23.0 Å². The second kappa shape index (κ2) is 11.4. The van der Waals surface area contributed by atoms with Crippen LogP contribution >= 0.6 is 0 Å². The van der Waals surface area contributed by atoms with Crippen LogP contribution < -0.4 is 0 Å². The van der Waals surface area contributed by atoms with Crippen molar-refractivity contribution in [2.75, 3.05) is 13.1 Å². The van der Waals surface area contributed by atoms with Gasteiger partial charge < -0.3 is 0 Å². The molecule has 0 radical (unpaired) electrons. The van der Waals surface area contributed by atoms with Crippen molar-refractivity contribution in [3.8, 4) is 23.0 Å². The Morgan fingerprint density at radius 3 is 2.27 bits per heavy atom. The Kier molecular flexibility index (Phi) is 7.95. The van der Waals surface area contributed by atoms with Gasteiger partial charge in [0.2, 0.25) is 19.9 Å². The lowest BCUT2D eigenvalue weighted by Gasteiger charge is -2.29. The summed E-state index contributed by atoms with van der Waals surface area (Å²) >= 11 is 0. The topological polar surface area (TPSA) is 113 Å². The highest BCUT2D eigenvalue weighted by molar-refractivity contribution is 7.95. The van der Waals surface area contributed by atoms with Crippen LogP contribution in [0.5, 0.6) is 0 Å². The van der Waals surface area contributed by atoms with E-state index in [9.17, 15) is 22.1 Å². The van der Waals surface area contributed by atoms with E-state index in [0.717, 1.165) is 24.1 Å². The Hall–Kier alpha value is -4.04. The molecule has 1 fully saturated rings. The molecule has 0 spiro atoms. The summed E-state index contributed by atoms with van der Waals surface area (Å²) in [5.41, 5.74) is 2.82. The third-order valence-corrected chi connectivity index (χ3v) is 10.8. The molecule has 2 heterocycles. The van der Waals surface area contributed by atoms with Crippen LogP contribution in [0, 0.1) is 24.2 Å². The van der Waals surface area contributed by atoms with E-state index in [1.807, 2.05) is 43.3 Å². The van der Waals surface area contributed by atoms with Crippen molar-refractivity contribution in [1.29, 1.82) is 5.26 Å². The van der Waals surface area contributed by atoms with E-state index in [1.54, 1.807) is 47.3 Å². The lowest BCUT2D eigenvalue weighted by molar-refractivity contribution is 0.288. The molecule has 4 aromatic rings. The van der Waals surface area contributed by atoms with Crippen LogP contribution in [0.2, 0.25) is 0 Å². The van der Waals surface area contributed by atoms with Crippen LogP contribution in [0.4, 0.5) is 0 Å². The van der Waals surface area contributed by atoms with Crippen LogP contribution in [-0.2, 0) is 19.9 Å². The van der Waals surface area contributed by atoms with Gasteiger partial charge in [-0.1, -0.05) is 55.0 Å². The number of allylic oxidation sites excluding steroid dienone is 1. The summed E-state index contributed by atoms with van der Waals surface area (Å²) in [6, 6.07) is 23.9. The van der Waals surface area contributed by atoms with Crippen molar-refractivity contribution in [1.82, 2.24) is 14.1 Å². The molecule has 0 saturated carbocycles. The maximum atomic E-state index is 13.5. The van der Waals surface area contributed by atoms with Gasteiger partial charge in [0, 0.05) is 30.4 Å². The van der Waals surface area contributed by atoms with Gasteiger partial charge >= 0.3 is 0 Å².